The van der Waals surface area contributed by atoms with Gasteiger partial charge in [-0.2, -0.15) is 0 Å². The number of benzene rings is 1. The molecule has 0 spiro atoms. The number of aromatic nitrogens is 2. The molecule has 0 bridgehead atoms. The molecule has 5 heteroatoms. The minimum Gasteiger partial charge on any atom is -0.330 e. The fourth-order valence-corrected chi connectivity index (χ4v) is 4.21. The summed E-state index contributed by atoms with van der Waals surface area (Å²) < 4.78 is 0. The van der Waals surface area contributed by atoms with Crippen LogP contribution in [0.25, 0.3) is 0 Å². The molecule has 1 unspecified atom stereocenters. The van der Waals surface area contributed by atoms with Crippen LogP contribution in [0.1, 0.15) is 40.5 Å². The van der Waals surface area contributed by atoms with Crippen molar-refractivity contribution in [3.8, 4) is 0 Å². The van der Waals surface area contributed by atoms with Crippen molar-refractivity contribution < 1.29 is 4.79 Å². The predicted octanol–water partition coefficient (Wildman–Crippen LogP) is 4.75. The number of rotatable bonds is 5. The molecular weight excluding hydrogens is 354 g/mol. The molecule has 1 aromatic carbocycles. The second-order valence-corrected chi connectivity index (χ2v) is 7.56. The van der Waals surface area contributed by atoms with Crippen LogP contribution in [0.4, 0.5) is 0 Å². The molecule has 27 heavy (non-hydrogen) atoms. The zero-order valence-corrected chi connectivity index (χ0v) is 15.8. The van der Waals surface area contributed by atoms with E-state index in [0.29, 0.717) is 0 Å². The third-order valence-electron chi connectivity index (χ3n) is 4.77. The monoisotopic (exact) mass is 375 g/mol. The van der Waals surface area contributed by atoms with Gasteiger partial charge in [-0.3, -0.25) is 9.78 Å². The van der Waals surface area contributed by atoms with Gasteiger partial charge >= 0.3 is 0 Å². The molecule has 0 N–H and O–H groups in total. The number of likely N-dealkylation sites (tertiary alicyclic amines) is 1. The quantitative estimate of drug-likeness (QED) is 0.604. The molecule has 2 aromatic heterocycles. The van der Waals surface area contributed by atoms with Crippen LogP contribution < -0.4 is 0 Å². The van der Waals surface area contributed by atoms with Crippen molar-refractivity contribution in [2.45, 2.75) is 29.7 Å². The van der Waals surface area contributed by atoms with Gasteiger partial charge in [0.05, 0.1) is 16.8 Å². The zero-order valence-electron chi connectivity index (χ0n) is 15.0. The van der Waals surface area contributed by atoms with Gasteiger partial charge in [-0.05, 0) is 54.8 Å². The number of carbonyl (C=O) groups excluding carboxylic acids is 1. The average Bonchev–Trinajstić information content (AvgIpc) is 3.23. The summed E-state index contributed by atoms with van der Waals surface area (Å²) in [7, 11) is 0. The molecule has 0 saturated carbocycles. The van der Waals surface area contributed by atoms with Gasteiger partial charge in [-0.15, -0.1) is 11.8 Å². The highest BCUT2D eigenvalue weighted by molar-refractivity contribution is 7.98. The fraction of sp³-hybridized carbons (Fsp3) is 0.227. The molecule has 0 aliphatic carbocycles. The van der Waals surface area contributed by atoms with Gasteiger partial charge in [0.1, 0.15) is 0 Å². The molecule has 1 aliphatic heterocycles. The van der Waals surface area contributed by atoms with Crippen LogP contribution in [0, 0.1) is 0 Å². The Kier molecular flexibility index (Phi) is 5.49. The molecule has 4 nitrogen and oxygen atoms in total. The number of hydrogen-bond donors (Lipinski definition) is 0. The van der Waals surface area contributed by atoms with Crippen LogP contribution in [-0.4, -0.2) is 27.3 Å². The number of hydrogen-bond acceptors (Lipinski definition) is 4. The van der Waals surface area contributed by atoms with Crippen molar-refractivity contribution in [3.05, 3.63) is 89.9 Å². The van der Waals surface area contributed by atoms with Gasteiger partial charge in [0.2, 0.25) is 0 Å². The maximum atomic E-state index is 13.0. The minimum atomic E-state index is 0.0816. The summed E-state index contributed by atoms with van der Waals surface area (Å²) in [6.07, 6.45) is 5.59. The number of nitrogens with zero attached hydrogens (tertiary/aromatic N) is 3. The van der Waals surface area contributed by atoms with Gasteiger partial charge < -0.3 is 4.90 Å². The van der Waals surface area contributed by atoms with E-state index in [1.165, 1.54) is 5.56 Å². The highest BCUT2D eigenvalue weighted by Gasteiger charge is 2.31. The van der Waals surface area contributed by atoms with E-state index in [4.69, 9.17) is 0 Å². The summed E-state index contributed by atoms with van der Waals surface area (Å²) >= 11 is 1.70. The molecule has 1 saturated heterocycles. The van der Waals surface area contributed by atoms with E-state index >= 15 is 0 Å². The van der Waals surface area contributed by atoms with Crippen molar-refractivity contribution in [1.29, 1.82) is 0 Å². The van der Waals surface area contributed by atoms with Gasteiger partial charge in [0.15, 0.2) is 0 Å². The summed E-state index contributed by atoms with van der Waals surface area (Å²) in [5.74, 6) is 0.929. The van der Waals surface area contributed by atoms with E-state index in [1.807, 2.05) is 65.6 Å². The Hall–Kier alpha value is -2.66. The molecule has 1 amide bonds. The third-order valence-corrected chi connectivity index (χ3v) is 5.78. The van der Waals surface area contributed by atoms with Crippen molar-refractivity contribution in [1.82, 2.24) is 14.9 Å². The first-order chi connectivity index (χ1) is 13.3. The molecule has 1 atom stereocenters. The Balaban J connectivity index is 1.43. The normalized spacial score (nSPS) is 16.4. The number of carbonyl (C=O) groups is 1. The lowest BCUT2D eigenvalue weighted by Crippen LogP contribution is -2.30. The second kappa shape index (κ2) is 8.35. The first-order valence-electron chi connectivity index (χ1n) is 9.16. The summed E-state index contributed by atoms with van der Waals surface area (Å²) in [6, 6.07) is 19.8. The highest BCUT2D eigenvalue weighted by Crippen LogP contribution is 2.32. The molecule has 136 valence electrons. The largest absolute Gasteiger partial charge is 0.330 e. The van der Waals surface area contributed by atoms with Crippen LogP contribution in [0.15, 0.2) is 78.1 Å². The van der Waals surface area contributed by atoms with Crippen molar-refractivity contribution in [3.63, 3.8) is 0 Å². The lowest BCUT2D eigenvalue weighted by Gasteiger charge is -2.24. The highest BCUT2D eigenvalue weighted by atomic mass is 32.2. The van der Waals surface area contributed by atoms with E-state index in [9.17, 15) is 4.79 Å². The SMILES string of the molecule is O=C(c1ccc(CSc2ccccn2)cc1)N1CCCC1c1ccccn1. The Morgan fingerprint density at radius 3 is 2.48 bits per heavy atom. The predicted molar refractivity (Wildman–Crippen MR) is 107 cm³/mol. The summed E-state index contributed by atoms with van der Waals surface area (Å²) in [4.78, 5) is 23.7. The molecule has 0 radical (unpaired) electrons. The van der Waals surface area contributed by atoms with Crippen molar-refractivity contribution >= 4 is 17.7 Å². The lowest BCUT2D eigenvalue weighted by atomic mass is 10.1. The van der Waals surface area contributed by atoms with Crippen LogP contribution >= 0.6 is 11.8 Å². The third kappa shape index (κ3) is 4.19. The summed E-state index contributed by atoms with van der Waals surface area (Å²) in [5, 5.41) is 1.01. The summed E-state index contributed by atoms with van der Waals surface area (Å²) in [6.45, 7) is 0.789. The lowest BCUT2D eigenvalue weighted by molar-refractivity contribution is 0.0733. The first-order valence-corrected chi connectivity index (χ1v) is 10.1. The van der Waals surface area contributed by atoms with Crippen LogP contribution in [0.5, 0.6) is 0 Å². The molecule has 1 fully saturated rings. The van der Waals surface area contributed by atoms with Gasteiger partial charge in [0, 0.05) is 30.3 Å². The number of thioether (sulfide) groups is 1. The standard InChI is InChI=1S/C22H21N3OS/c26-22(25-15-5-7-20(25)19-6-1-3-13-23-19)18-11-9-17(10-12-18)16-27-21-8-2-4-14-24-21/h1-4,6,8-14,20H,5,7,15-16H2. The minimum absolute atomic E-state index is 0.0816. The molecule has 3 heterocycles. The van der Waals surface area contributed by atoms with E-state index < -0.39 is 0 Å². The van der Waals surface area contributed by atoms with E-state index in [0.717, 1.165) is 41.4 Å². The average molecular weight is 375 g/mol. The van der Waals surface area contributed by atoms with Gasteiger partial charge in [-0.1, -0.05) is 24.3 Å². The zero-order chi connectivity index (χ0) is 18.5. The Morgan fingerprint density at radius 1 is 1.00 bits per heavy atom. The van der Waals surface area contributed by atoms with E-state index in [-0.39, 0.29) is 11.9 Å². The maximum Gasteiger partial charge on any atom is 0.254 e. The smallest absolute Gasteiger partial charge is 0.254 e. The Bertz CT molecular complexity index is 884. The first kappa shape index (κ1) is 17.7. The Labute approximate surface area is 163 Å². The maximum absolute atomic E-state index is 13.0. The van der Waals surface area contributed by atoms with Crippen LogP contribution in [0.3, 0.4) is 0 Å². The topological polar surface area (TPSA) is 46.1 Å². The van der Waals surface area contributed by atoms with Gasteiger partial charge in [0.25, 0.3) is 5.91 Å². The fourth-order valence-electron chi connectivity index (χ4n) is 3.39. The molecular formula is C22H21N3OS. The van der Waals surface area contributed by atoms with Crippen LogP contribution in [-0.2, 0) is 5.75 Å². The molecule has 4 rings (SSSR count). The van der Waals surface area contributed by atoms with E-state index in [1.54, 1.807) is 24.2 Å². The number of pyridine rings is 2. The second-order valence-electron chi connectivity index (χ2n) is 6.56. The van der Waals surface area contributed by atoms with Gasteiger partial charge in [-0.25, -0.2) is 4.98 Å². The summed E-state index contributed by atoms with van der Waals surface area (Å²) in [5.41, 5.74) is 2.90. The van der Waals surface area contributed by atoms with E-state index in [2.05, 4.69) is 9.97 Å². The Morgan fingerprint density at radius 2 is 1.78 bits per heavy atom. The number of amides is 1. The molecule has 3 aromatic rings. The van der Waals surface area contributed by atoms with Crippen molar-refractivity contribution in [2.24, 2.45) is 0 Å². The van der Waals surface area contributed by atoms with Crippen molar-refractivity contribution in [2.75, 3.05) is 6.54 Å². The molecule has 1 aliphatic rings. The van der Waals surface area contributed by atoms with Crippen LogP contribution in [0.2, 0.25) is 0 Å².